The third kappa shape index (κ3) is 1.65. The van der Waals surface area contributed by atoms with Crippen molar-refractivity contribution in [1.82, 2.24) is 4.90 Å². The van der Waals surface area contributed by atoms with Crippen molar-refractivity contribution in [3.8, 4) is 0 Å². The average molecular weight is 250 g/mol. The number of amides is 2. The molecule has 2 aliphatic rings. The molecule has 4 heteroatoms. The van der Waals surface area contributed by atoms with Gasteiger partial charge in [0.25, 0.3) is 0 Å². The number of benzene rings is 1. The molecule has 1 aromatic rings. The quantitative estimate of drug-likeness (QED) is 0.717. The maximum atomic E-state index is 11.8. The van der Waals surface area contributed by atoms with Crippen LogP contribution in [0.2, 0.25) is 5.02 Å². The standard InChI is InChI=1S/C13H12ClNO2/c14-9-3-1-8(2-4-9)10-7-13(17)15-11(10)5-6-12(15)16/h1-4,10-11H,5-7H2/t10-,11-/m0/s1. The minimum absolute atomic E-state index is 0.0172. The van der Waals surface area contributed by atoms with E-state index in [1.165, 1.54) is 4.90 Å². The summed E-state index contributed by atoms with van der Waals surface area (Å²) in [5.74, 6) is 0.0973. The first kappa shape index (κ1) is 10.8. The molecule has 0 saturated carbocycles. The van der Waals surface area contributed by atoms with E-state index < -0.39 is 0 Å². The monoisotopic (exact) mass is 249 g/mol. The van der Waals surface area contributed by atoms with E-state index in [1.54, 1.807) is 0 Å². The predicted molar refractivity (Wildman–Crippen MR) is 63.7 cm³/mol. The van der Waals surface area contributed by atoms with Crippen LogP contribution in [0.5, 0.6) is 0 Å². The molecule has 2 aliphatic heterocycles. The second-order valence-corrected chi connectivity index (χ2v) is 5.06. The van der Waals surface area contributed by atoms with Crippen molar-refractivity contribution in [1.29, 1.82) is 0 Å². The molecule has 3 nitrogen and oxygen atoms in total. The van der Waals surface area contributed by atoms with Crippen LogP contribution >= 0.6 is 11.6 Å². The predicted octanol–water partition coefficient (Wildman–Crippen LogP) is 2.34. The number of hydrogen-bond donors (Lipinski definition) is 0. The summed E-state index contributed by atoms with van der Waals surface area (Å²) in [4.78, 5) is 24.8. The van der Waals surface area contributed by atoms with Crippen LogP contribution in [0.3, 0.4) is 0 Å². The summed E-state index contributed by atoms with van der Waals surface area (Å²) in [5.41, 5.74) is 1.10. The fraction of sp³-hybridized carbons (Fsp3) is 0.385. The molecule has 0 spiro atoms. The van der Waals surface area contributed by atoms with Gasteiger partial charge in [-0.25, -0.2) is 0 Å². The summed E-state index contributed by atoms with van der Waals surface area (Å²) in [6.45, 7) is 0. The molecule has 2 saturated heterocycles. The highest BCUT2D eigenvalue weighted by molar-refractivity contribution is 6.30. The summed E-state index contributed by atoms with van der Waals surface area (Å²) >= 11 is 5.85. The van der Waals surface area contributed by atoms with Crippen molar-refractivity contribution >= 4 is 23.4 Å². The van der Waals surface area contributed by atoms with Gasteiger partial charge in [0.05, 0.1) is 0 Å². The first-order chi connectivity index (χ1) is 8.16. The molecule has 17 heavy (non-hydrogen) atoms. The molecule has 0 unspecified atom stereocenters. The van der Waals surface area contributed by atoms with Crippen molar-refractivity contribution < 1.29 is 9.59 Å². The van der Waals surface area contributed by atoms with E-state index in [2.05, 4.69) is 0 Å². The molecule has 2 fully saturated rings. The Morgan fingerprint density at radius 1 is 1.12 bits per heavy atom. The van der Waals surface area contributed by atoms with Crippen molar-refractivity contribution in [3.05, 3.63) is 34.9 Å². The molecule has 88 valence electrons. The maximum absolute atomic E-state index is 11.8. The molecule has 0 N–H and O–H groups in total. The molecule has 2 amide bonds. The van der Waals surface area contributed by atoms with E-state index >= 15 is 0 Å². The van der Waals surface area contributed by atoms with Gasteiger partial charge in [-0.3, -0.25) is 14.5 Å². The lowest BCUT2D eigenvalue weighted by Crippen LogP contribution is -2.32. The van der Waals surface area contributed by atoms with Gasteiger partial charge in [-0.2, -0.15) is 0 Å². The first-order valence-corrected chi connectivity index (χ1v) is 6.15. The molecular formula is C13H12ClNO2. The highest BCUT2D eigenvalue weighted by Gasteiger charge is 2.47. The Balaban J connectivity index is 1.93. The number of imide groups is 1. The van der Waals surface area contributed by atoms with Gasteiger partial charge in [0.2, 0.25) is 11.8 Å². The number of carbonyl (C=O) groups is 2. The Kier molecular flexibility index (Phi) is 2.44. The first-order valence-electron chi connectivity index (χ1n) is 5.77. The summed E-state index contributed by atoms with van der Waals surface area (Å²) in [6.07, 6.45) is 1.73. The molecule has 2 heterocycles. The lowest BCUT2D eigenvalue weighted by atomic mass is 9.90. The van der Waals surface area contributed by atoms with Crippen molar-refractivity contribution in [2.45, 2.75) is 31.2 Å². The lowest BCUT2D eigenvalue weighted by Gasteiger charge is -2.18. The Bertz CT molecular complexity index is 483. The topological polar surface area (TPSA) is 37.4 Å². The summed E-state index contributed by atoms with van der Waals surface area (Å²) in [6, 6.07) is 7.64. The maximum Gasteiger partial charge on any atom is 0.230 e. The molecule has 2 atom stereocenters. The molecule has 3 rings (SSSR count). The summed E-state index contributed by atoms with van der Waals surface area (Å²) < 4.78 is 0. The molecule has 0 aliphatic carbocycles. The fourth-order valence-corrected chi connectivity index (χ4v) is 3.01. The third-order valence-electron chi connectivity index (χ3n) is 3.68. The number of nitrogens with zero attached hydrogens (tertiary/aromatic N) is 1. The van der Waals surface area contributed by atoms with E-state index in [1.807, 2.05) is 24.3 Å². The number of carbonyl (C=O) groups excluding carboxylic acids is 2. The largest absolute Gasteiger partial charge is 0.279 e. The SMILES string of the molecule is O=C1CC[C@H]2[C@H](c3ccc(Cl)cc3)CC(=O)N12. The minimum atomic E-state index is -0.0301. The second-order valence-electron chi connectivity index (χ2n) is 4.63. The normalized spacial score (nSPS) is 27.7. The van der Waals surface area contributed by atoms with Gasteiger partial charge in [-0.05, 0) is 24.1 Å². The number of rotatable bonds is 1. The van der Waals surface area contributed by atoms with Gasteiger partial charge in [0, 0.05) is 29.8 Å². The summed E-state index contributed by atoms with van der Waals surface area (Å²) in [5, 5.41) is 0.692. The molecule has 0 bridgehead atoms. The van der Waals surface area contributed by atoms with Crippen molar-refractivity contribution in [2.24, 2.45) is 0 Å². The average Bonchev–Trinajstić information content (AvgIpc) is 2.83. The zero-order valence-corrected chi connectivity index (χ0v) is 9.98. The zero-order valence-electron chi connectivity index (χ0n) is 9.23. The molecule has 0 radical (unpaired) electrons. The Morgan fingerprint density at radius 2 is 1.82 bits per heavy atom. The van der Waals surface area contributed by atoms with E-state index in [9.17, 15) is 9.59 Å². The van der Waals surface area contributed by atoms with Crippen molar-refractivity contribution in [2.75, 3.05) is 0 Å². The summed E-state index contributed by atoms with van der Waals surface area (Å²) in [7, 11) is 0. The van der Waals surface area contributed by atoms with Crippen LogP contribution < -0.4 is 0 Å². The van der Waals surface area contributed by atoms with Gasteiger partial charge >= 0.3 is 0 Å². The molecule has 1 aromatic carbocycles. The number of fused-ring (bicyclic) bond motifs is 1. The van der Waals surface area contributed by atoms with Gasteiger partial charge in [-0.1, -0.05) is 23.7 Å². The van der Waals surface area contributed by atoms with E-state index in [0.29, 0.717) is 17.9 Å². The van der Waals surface area contributed by atoms with Crippen LogP contribution in [0.1, 0.15) is 30.7 Å². The Hall–Kier alpha value is -1.35. The fourth-order valence-electron chi connectivity index (χ4n) is 2.88. The highest BCUT2D eigenvalue weighted by atomic mass is 35.5. The molecule has 0 aromatic heterocycles. The second kappa shape index (κ2) is 3.84. The van der Waals surface area contributed by atoms with E-state index in [-0.39, 0.29) is 23.8 Å². The van der Waals surface area contributed by atoms with Crippen LogP contribution in [-0.4, -0.2) is 22.8 Å². The van der Waals surface area contributed by atoms with Crippen LogP contribution in [0.25, 0.3) is 0 Å². The highest BCUT2D eigenvalue weighted by Crippen LogP contribution is 2.40. The van der Waals surface area contributed by atoms with Gasteiger partial charge in [0.1, 0.15) is 0 Å². The molecular weight excluding hydrogens is 238 g/mol. The van der Waals surface area contributed by atoms with Gasteiger partial charge in [0.15, 0.2) is 0 Å². The van der Waals surface area contributed by atoms with E-state index in [4.69, 9.17) is 11.6 Å². The van der Waals surface area contributed by atoms with Crippen LogP contribution in [0.15, 0.2) is 24.3 Å². The van der Waals surface area contributed by atoms with Crippen LogP contribution in [0, 0.1) is 0 Å². The van der Waals surface area contributed by atoms with Crippen LogP contribution in [0.4, 0.5) is 0 Å². The third-order valence-corrected chi connectivity index (χ3v) is 3.93. The van der Waals surface area contributed by atoms with Crippen molar-refractivity contribution in [3.63, 3.8) is 0 Å². The number of hydrogen-bond acceptors (Lipinski definition) is 2. The Labute approximate surface area is 104 Å². The van der Waals surface area contributed by atoms with Gasteiger partial charge < -0.3 is 0 Å². The number of halogens is 1. The van der Waals surface area contributed by atoms with E-state index in [0.717, 1.165) is 12.0 Å². The minimum Gasteiger partial charge on any atom is -0.279 e. The van der Waals surface area contributed by atoms with Crippen LogP contribution in [-0.2, 0) is 9.59 Å². The zero-order chi connectivity index (χ0) is 12.0. The Morgan fingerprint density at radius 3 is 2.53 bits per heavy atom. The lowest BCUT2D eigenvalue weighted by molar-refractivity contribution is -0.140. The van der Waals surface area contributed by atoms with Gasteiger partial charge in [-0.15, -0.1) is 0 Å². The smallest absolute Gasteiger partial charge is 0.230 e.